The summed E-state index contributed by atoms with van der Waals surface area (Å²) in [6, 6.07) is 8.23. The van der Waals surface area contributed by atoms with E-state index in [2.05, 4.69) is 17.4 Å². The van der Waals surface area contributed by atoms with Crippen molar-refractivity contribution in [2.45, 2.75) is 70.9 Å². The van der Waals surface area contributed by atoms with Crippen molar-refractivity contribution < 1.29 is 19.4 Å². The first-order valence-electron chi connectivity index (χ1n) is 11.2. The summed E-state index contributed by atoms with van der Waals surface area (Å²) in [7, 11) is 0. The van der Waals surface area contributed by atoms with Crippen LogP contribution in [-0.2, 0) is 9.53 Å². The van der Waals surface area contributed by atoms with E-state index >= 15 is 0 Å². The summed E-state index contributed by atoms with van der Waals surface area (Å²) >= 11 is 0. The monoisotopic (exact) mass is 416 g/mol. The molecule has 1 aromatic carbocycles. The largest absolute Gasteiger partial charge is 0.491 e. The van der Waals surface area contributed by atoms with Gasteiger partial charge in [-0.3, -0.25) is 9.69 Å². The van der Waals surface area contributed by atoms with Crippen molar-refractivity contribution in [1.29, 1.82) is 0 Å². The molecule has 1 amide bonds. The topological polar surface area (TPSA) is 71.0 Å². The lowest BCUT2D eigenvalue weighted by molar-refractivity contribution is -0.236. The maximum atomic E-state index is 12.9. The first kappa shape index (κ1) is 21.6. The third kappa shape index (κ3) is 4.98. The standard InChI is InChI=1S/C24H36N2O4/c1-23(2,3)30-22(28)26-12-17-18(13-26)20(17)21(27)25-24(4,5)14-29-19-9-7-6-8-16(19)15-10-11-15/h6-9,15,17-18,20,22,28H,10-14H2,1-5H3,(H,25,27)/t17-,18+,20+,22?. The van der Waals surface area contributed by atoms with E-state index in [1.165, 1.54) is 18.4 Å². The minimum Gasteiger partial charge on any atom is -0.491 e. The summed E-state index contributed by atoms with van der Waals surface area (Å²) < 4.78 is 11.8. The highest BCUT2D eigenvalue weighted by molar-refractivity contribution is 5.83. The second kappa shape index (κ2) is 7.81. The van der Waals surface area contributed by atoms with Gasteiger partial charge >= 0.3 is 0 Å². The van der Waals surface area contributed by atoms with Crippen molar-refractivity contribution in [3.05, 3.63) is 29.8 Å². The van der Waals surface area contributed by atoms with Gasteiger partial charge < -0.3 is 19.9 Å². The molecule has 0 bridgehead atoms. The molecule has 3 fully saturated rings. The molecule has 1 aromatic rings. The zero-order valence-corrected chi connectivity index (χ0v) is 18.9. The van der Waals surface area contributed by atoms with E-state index in [1.807, 2.05) is 51.7 Å². The molecule has 1 aliphatic heterocycles. The van der Waals surface area contributed by atoms with Crippen molar-refractivity contribution in [1.82, 2.24) is 10.2 Å². The molecule has 2 aliphatic carbocycles. The third-order valence-corrected chi connectivity index (χ3v) is 6.28. The van der Waals surface area contributed by atoms with Crippen LogP contribution >= 0.6 is 0 Å². The Morgan fingerprint density at radius 2 is 1.80 bits per heavy atom. The fraction of sp³-hybridized carbons (Fsp3) is 0.708. The predicted molar refractivity (Wildman–Crippen MR) is 115 cm³/mol. The summed E-state index contributed by atoms with van der Waals surface area (Å²) in [5.74, 6) is 2.30. The molecule has 1 heterocycles. The van der Waals surface area contributed by atoms with E-state index in [4.69, 9.17) is 9.47 Å². The van der Waals surface area contributed by atoms with E-state index < -0.39 is 17.6 Å². The molecular weight excluding hydrogens is 380 g/mol. The van der Waals surface area contributed by atoms with Gasteiger partial charge in [-0.05, 0) is 76.8 Å². The second-order valence-corrected chi connectivity index (χ2v) is 10.8. The number of nitrogens with one attached hydrogen (secondary N) is 1. The molecule has 1 unspecified atom stereocenters. The number of likely N-dealkylation sites (tertiary alicyclic amines) is 1. The number of ether oxygens (including phenoxy) is 2. The molecule has 166 valence electrons. The molecule has 3 aliphatic rings. The van der Waals surface area contributed by atoms with Crippen LogP contribution in [-0.4, -0.2) is 53.2 Å². The molecule has 0 radical (unpaired) electrons. The van der Waals surface area contributed by atoms with Crippen LogP contribution in [0.1, 0.15) is 58.9 Å². The Labute approximate surface area is 179 Å². The minimum atomic E-state index is -0.905. The average Bonchev–Trinajstić information content (AvgIpc) is 3.56. The number of piperidine rings is 1. The maximum Gasteiger partial charge on any atom is 0.224 e. The SMILES string of the molecule is CC(C)(COc1ccccc1C1CC1)NC(=O)[C@H]1[C@@H]2CN(C(O)OC(C)(C)C)C[C@@H]21. The van der Waals surface area contributed by atoms with Crippen molar-refractivity contribution >= 4 is 5.91 Å². The number of benzene rings is 1. The van der Waals surface area contributed by atoms with Crippen LogP contribution in [0, 0.1) is 17.8 Å². The smallest absolute Gasteiger partial charge is 0.224 e. The van der Waals surface area contributed by atoms with Gasteiger partial charge in [-0.25, -0.2) is 0 Å². The van der Waals surface area contributed by atoms with Crippen molar-refractivity contribution in [3.8, 4) is 5.75 Å². The van der Waals surface area contributed by atoms with E-state index in [0.717, 1.165) is 5.75 Å². The molecule has 1 saturated heterocycles. The van der Waals surface area contributed by atoms with Gasteiger partial charge in [-0.1, -0.05) is 18.2 Å². The lowest BCUT2D eigenvalue weighted by Crippen LogP contribution is -2.49. The summed E-state index contributed by atoms with van der Waals surface area (Å²) in [6.07, 6.45) is 1.56. The highest BCUT2D eigenvalue weighted by atomic mass is 16.6. The van der Waals surface area contributed by atoms with Gasteiger partial charge in [0.15, 0.2) is 0 Å². The molecular formula is C24H36N2O4. The summed E-state index contributed by atoms with van der Waals surface area (Å²) in [5.41, 5.74) is 0.442. The number of aliphatic hydroxyl groups is 1. The minimum absolute atomic E-state index is 0.0288. The van der Waals surface area contributed by atoms with Crippen LogP contribution in [0.3, 0.4) is 0 Å². The fourth-order valence-corrected chi connectivity index (χ4v) is 4.57. The number of aliphatic hydroxyl groups excluding tert-OH is 1. The molecule has 4 atom stereocenters. The highest BCUT2D eigenvalue weighted by Crippen LogP contribution is 2.52. The number of amides is 1. The first-order chi connectivity index (χ1) is 14.0. The molecule has 2 N–H and O–H groups in total. The zero-order valence-electron chi connectivity index (χ0n) is 18.9. The Bertz CT molecular complexity index is 772. The Morgan fingerprint density at radius 1 is 1.17 bits per heavy atom. The third-order valence-electron chi connectivity index (χ3n) is 6.28. The zero-order chi connectivity index (χ0) is 21.7. The van der Waals surface area contributed by atoms with Gasteiger partial charge in [0.2, 0.25) is 12.3 Å². The number of hydrogen-bond acceptors (Lipinski definition) is 5. The van der Waals surface area contributed by atoms with Crippen molar-refractivity contribution in [2.75, 3.05) is 19.7 Å². The quantitative estimate of drug-likeness (QED) is 0.637. The van der Waals surface area contributed by atoms with Gasteiger partial charge in [0.05, 0.1) is 11.1 Å². The van der Waals surface area contributed by atoms with Crippen LogP contribution in [0.25, 0.3) is 0 Å². The molecule has 4 rings (SSSR count). The first-order valence-corrected chi connectivity index (χ1v) is 11.2. The number of rotatable bonds is 8. The molecule has 30 heavy (non-hydrogen) atoms. The van der Waals surface area contributed by atoms with E-state index in [0.29, 0.717) is 37.5 Å². The number of para-hydroxylation sites is 1. The molecule has 2 saturated carbocycles. The van der Waals surface area contributed by atoms with Crippen LogP contribution in [0.15, 0.2) is 24.3 Å². The summed E-state index contributed by atoms with van der Waals surface area (Å²) in [6.45, 7) is 11.6. The second-order valence-electron chi connectivity index (χ2n) is 10.8. The molecule has 6 heteroatoms. The van der Waals surface area contributed by atoms with Gasteiger partial charge in [0.25, 0.3) is 0 Å². The van der Waals surface area contributed by atoms with Crippen molar-refractivity contribution in [2.24, 2.45) is 17.8 Å². The highest BCUT2D eigenvalue weighted by Gasteiger charge is 2.60. The van der Waals surface area contributed by atoms with Crippen LogP contribution in [0.5, 0.6) is 5.75 Å². The van der Waals surface area contributed by atoms with Crippen LogP contribution in [0.4, 0.5) is 0 Å². The van der Waals surface area contributed by atoms with Gasteiger partial charge in [0.1, 0.15) is 12.4 Å². The molecule has 6 nitrogen and oxygen atoms in total. The lowest BCUT2D eigenvalue weighted by atomic mass is 10.1. The predicted octanol–water partition coefficient (Wildman–Crippen LogP) is 3.11. The van der Waals surface area contributed by atoms with E-state index in [9.17, 15) is 9.90 Å². The van der Waals surface area contributed by atoms with E-state index in [1.54, 1.807) is 0 Å². The van der Waals surface area contributed by atoms with Crippen LogP contribution in [0.2, 0.25) is 0 Å². The molecule has 0 aromatic heterocycles. The molecule has 0 spiro atoms. The van der Waals surface area contributed by atoms with Gasteiger partial charge in [0, 0.05) is 19.0 Å². The summed E-state index contributed by atoms with van der Waals surface area (Å²) in [5, 5.41) is 13.5. The normalized spacial score (nSPS) is 27.5. The fourth-order valence-electron chi connectivity index (χ4n) is 4.57. The van der Waals surface area contributed by atoms with E-state index in [-0.39, 0.29) is 11.8 Å². The number of hydrogen-bond donors (Lipinski definition) is 2. The number of carbonyl (C=O) groups is 1. The maximum absolute atomic E-state index is 12.9. The number of nitrogens with zero attached hydrogens (tertiary/aromatic N) is 1. The Morgan fingerprint density at radius 3 is 2.40 bits per heavy atom. The van der Waals surface area contributed by atoms with Gasteiger partial charge in [-0.2, -0.15) is 0 Å². The van der Waals surface area contributed by atoms with Gasteiger partial charge in [-0.15, -0.1) is 0 Å². The van der Waals surface area contributed by atoms with Crippen molar-refractivity contribution in [3.63, 3.8) is 0 Å². The number of fused-ring (bicyclic) bond motifs is 1. The number of carbonyl (C=O) groups excluding carboxylic acids is 1. The average molecular weight is 417 g/mol. The summed E-state index contributed by atoms with van der Waals surface area (Å²) in [4.78, 5) is 14.8. The van der Waals surface area contributed by atoms with Crippen LogP contribution < -0.4 is 10.1 Å². The lowest BCUT2D eigenvalue weighted by Gasteiger charge is -2.31. The Hall–Kier alpha value is -1.63. The Kier molecular flexibility index (Phi) is 5.62. The Balaban J connectivity index is 1.25.